The molecule has 0 amide bonds. The summed E-state index contributed by atoms with van der Waals surface area (Å²) >= 11 is 1.56. The monoisotopic (exact) mass is 487 g/mol. The minimum atomic E-state index is -3.55. The molecule has 1 heterocycles. The van der Waals surface area contributed by atoms with Crippen molar-refractivity contribution in [2.75, 3.05) is 26.8 Å². The summed E-state index contributed by atoms with van der Waals surface area (Å²) in [6, 6.07) is 17.1. The van der Waals surface area contributed by atoms with E-state index >= 15 is 0 Å². The molecule has 33 heavy (non-hydrogen) atoms. The van der Waals surface area contributed by atoms with Gasteiger partial charge in [0, 0.05) is 44.3 Å². The van der Waals surface area contributed by atoms with Gasteiger partial charge in [0.1, 0.15) is 0 Å². The first-order valence-corrected chi connectivity index (χ1v) is 13.7. The van der Waals surface area contributed by atoms with E-state index in [1.54, 1.807) is 34.9 Å². The molecule has 0 fully saturated rings. The maximum Gasteiger partial charge on any atom is 0.243 e. The van der Waals surface area contributed by atoms with Crippen LogP contribution in [0, 0.1) is 0 Å². The van der Waals surface area contributed by atoms with Crippen LogP contribution in [0.15, 0.2) is 69.9 Å². The zero-order chi connectivity index (χ0) is 23.7. The number of aromatic nitrogens is 1. The van der Waals surface area contributed by atoms with E-state index in [9.17, 15) is 8.42 Å². The van der Waals surface area contributed by atoms with Gasteiger partial charge >= 0.3 is 0 Å². The van der Waals surface area contributed by atoms with Crippen LogP contribution in [0.3, 0.4) is 0 Å². The fourth-order valence-corrected chi connectivity index (χ4v) is 6.29. The van der Waals surface area contributed by atoms with Gasteiger partial charge in [0.25, 0.3) is 0 Å². The number of nitrogens with zero attached hydrogens (tertiary/aromatic N) is 3. The Morgan fingerprint density at radius 3 is 2.42 bits per heavy atom. The molecule has 0 aliphatic carbocycles. The molecule has 0 unspecified atom stereocenters. The number of rotatable bonds is 12. The minimum Gasteiger partial charge on any atom is -0.385 e. The highest BCUT2D eigenvalue weighted by molar-refractivity contribution is 7.89. The third-order valence-corrected chi connectivity index (χ3v) is 7.98. The Bertz CT molecular complexity index is 1180. The summed E-state index contributed by atoms with van der Waals surface area (Å²) in [5.41, 5.74) is 2.71. The molecule has 0 saturated heterocycles. The van der Waals surface area contributed by atoms with Crippen LogP contribution in [0.5, 0.6) is 0 Å². The van der Waals surface area contributed by atoms with E-state index in [0.717, 1.165) is 47.6 Å². The highest BCUT2D eigenvalue weighted by Crippen LogP contribution is 2.26. The van der Waals surface area contributed by atoms with Gasteiger partial charge in [-0.05, 0) is 43.5 Å². The van der Waals surface area contributed by atoms with Gasteiger partial charge in [0.2, 0.25) is 10.0 Å². The first kappa shape index (κ1) is 25.4. The summed E-state index contributed by atoms with van der Waals surface area (Å²) in [6.45, 7) is 6.42. The standard InChI is InChI=1S/C25H33N3O3S2/c1-4-15-27(16-5-2)33(29,30)23-14-9-11-21(19-23)24-20-32-25(28(24)17-10-18-31-3)26-22-12-7-6-8-13-22/h6-9,11-14,19-20H,4-5,10,15-18H2,1-3H3. The van der Waals surface area contributed by atoms with Gasteiger partial charge < -0.3 is 9.30 Å². The van der Waals surface area contributed by atoms with Gasteiger partial charge in [-0.2, -0.15) is 4.31 Å². The van der Waals surface area contributed by atoms with E-state index in [1.165, 1.54) is 0 Å². The lowest BCUT2D eigenvalue weighted by molar-refractivity contribution is 0.190. The fraction of sp³-hybridized carbons (Fsp3) is 0.400. The average Bonchev–Trinajstić information content (AvgIpc) is 3.22. The lowest BCUT2D eigenvalue weighted by Crippen LogP contribution is -2.32. The van der Waals surface area contributed by atoms with Crippen LogP contribution in [0.2, 0.25) is 0 Å². The van der Waals surface area contributed by atoms with Crippen LogP contribution < -0.4 is 4.80 Å². The summed E-state index contributed by atoms with van der Waals surface area (Å²) < 4.78 is 35.6. The Kier molecular flexibility index (Phi) is 9.43. The van der Waals surface area contributed by atoms with E-state index in [2.05, 4.69) is 9.95 Å². The molecular weight excluding hydrogens is 454 g/mol. The number of para-hydroxylation sites is 1. The summed E-state index contributed by atoms with van der Waals surface area (Å²) in [4.78, 5) is 6.03. The van der Waals surface area contributed by atoms with Crippen molar-refractivity contribution in [1.29, 1.82) is 0 Å². The second-order valence-corrected chi connectivity index (χ2v) is 10.6. The molecule has 8 heteroatoms. The van der Waals surface area contributed by atoms with Crippen LogP contribution in [0.4, 0.5) is 5.69 Å². The molecule has 0 radical (unpaired) electrons. The van der Waals surface area contributed by atoms with Crippen molar-refractivity contribution in [3.8, 4) is 11.3 Å². The van der Waals surface area contributed by atoms with Crippen LogP contribution in [-0.2, 0) is 21.3 Å². The molecule has 0 aliphatic heterocycles. The number of thiazole rings is 1. The molecule has 0 atom stereocenters. The normalized spacial score (nSPS) is 12.5. The SMILES string of the molecule is CCCN(CCC)S(=O)(=O)c1cccc(-c2csc(=Nc3ccccc3)n2CCCOC)c1. The van der Waals surface area contributed by atoms with Crippen molar-refractivity contribution < 1.29 is 13.2 Å². The number of hydrogen-bond donors (Lipinski definition) is 0. The third-order valence-electron chi connectivity index (χ3n) is 5.22. The Morgan fingerprint density at radius 2 is 1.76 bits per heavy atom. The van der Waals surface area contributed by atoms with E-state index in [-0.39, 0.29) is 0 Å². The average molecular weight is 488 g/mol. The van der Waals surface area contributed by atoms with E-state index < -0.39 is 10.0 Å². The van der Waals surface area contributed by atoms with Gasteiger partial charge in [-0.15, -0.1) is 11.3 Å². The van der Waals surface area contributed by atoms with Gasteiger partial charge in [-0.25, -0.2) is 13.4 Å². The Hall–Kier alpha value is -2.26. The number of methoxy groups -OCH3 is 1. The molecule has 0 aliphatic rings. The van der Waals surface area contributed by atoms with Crippen molar-refractivity contribution in [2.45, 2.75) is 44.6 Å². The smallest absolute Gasteiger partial charge is 0.243 e. The third kappa shape index (κ3) is 6.41. The fourth-order valence-electron chi connectivity index (χ4n) is 3.66. The second-order valence-electron chi connectivity index (χ2n) is 7.78. The topological polar surface area (TPSA) is 63.9 Å². The van der Waals surface area contributed by atoms with Crippen LogP contribution >= 0.6 is 11.3 Å². The molecule has 0 spiro atoms. The number of hydrogen-bond acceptors (Lipinski definition) is 5. The molecule has 0 bridgehead atoms. The summed E-state index contributed by atoms with van der Waals surface area (Å²) in [7, 11) is -1.85. The maximum absolute atomic E-state index is 13.3. The predicted octanol–water partition coefficient (Wildman–Crippen LogP) is 5.30. The van der Waals surface area contributed by atoms with Gasteiger partial charge in [0.05, 0.1) is 16.3 Å². The maximum atomic E-state index is 13.3. The van der Waals surface area contributed by atoms with Gasteiger partial charge in [-0.3, -0.25) is 0 Å². The van der Waals surface area contributed by atoms with Crippen molar-refractivity contribution in [3.63, 3.8) is 0 Å². The van der Waals surface area contributed by atoms with Crippen LogP contribution in [0.25, 0.3) is 11.3 Å². The largest absolute Gasteiger partial charge is 0.385 e. The molecule has 2 aromatic carbocycles. The second kappa shape index (κ2) is 12.3. The van der Waals surface area contributed by atoms with Gasteiger partial charge in [-0.1, -0.05) is 44.2 Å². The van der Waals surface area contributed by atoms with Crippen LogP contribution in [-0.4, -0.2) is 44.1 Å². The molecule has 0 N–H and O–H groups in total. The summed E-state index contributed by atoms with van der Waals surface area (Å²) in [5, 5.41) is 2.05. The van der Waals surface area contributed by atoms with Crippen molar-refractivity contribution in [1.82, 2.24) is 8.87 Å². The zero-order valence-corrected chi connectivity index (χ0v) is 21.2. The Labute approximate surface area is 201 Å². The molecule has 6 nitrogen and oxygen atoms in total. The van der Waals surface area contributed by atoms with Crippen molar-refractivity contribution in [3.05, 3.63) is 64.8 Å². The Morgan fingerprint density at radius 1 is 1.03 bits per heavy atom. The van der Waals surface area contributed by atoms with Crippen molar-refractivity contribution >= 4 is 27.0 Å². The van der Waals surface area contributed by atoms with E-state index in [1.807, 2.05) is 56.3 Å². The minimum absolute atomic E-state index is 0.332. The first-order chi connectivity index (χ1) is 16.0. The van der Waals surface area contributed by atoms with E-state index in [4.69, 9.17) is 9.73 Å². The quantitative estimate of drug-likeness (QED) is 0.326. The molecule has 0 saturated carbocycles. The summed E-state index contributed by atoms with van der Waals surface area (Å²) in [5.74, 6) is 0. The number of ether oxygens (including phenoxy) is 1. The van der Waals surface area contributed by atoms with E-state index in [0.29, 0.717) is 24.6 Å². The molecule has 3 rings (SSSR count). The highest BCUT2D eigenvalue weighted by atomic mass is 32.2. The molecule has 1 aromatic heterocycles. The predicted molar refractivity (Wildman–Crippen MR) is 135 cm³/mol. The number of benzene rings is 2. The molecular formula is C25H33N3O3S2. The highest BCUT2D eigenvalue weighted by Gasteiger charge is 2.23. The molecule has 3 aromatic rings. The first-order valence-electron chi connectivity index (χ1n) is 11.4. The van der Waals surface area contributed by atoms with Gasteiger partial charge in [0.15, 0.2) is 4.80 Å². The Balaban J connectivity index is 2.05. The summed E-state index contributed by atoms with van der Waals surface area (Å²) in [6.07, 6.45) is 2.40. The lowest BCUT2D eigenvalue weighted by atomic mass is 10.2. The number of sulfonamides is 1. The van der Waals surface area contributed by atoms with Crippen LogP contribution in [0.1, 0.15) is 33.1 Å². The van der Waals surface area contributed by atoms with Crippen molar-refractivity contribution in [2.24, 2.45) is 4.99 Å². The molecule has 178 valence electrons. The lowest BCUT2D eigenvalue weighted by Gasteiger charge is -2.21. The zero-order valence-electron chi connectivity index (χ0n) is 19.6.